The van der Waals surface area contributed by atoms with E-state index in [9.17, 15) is 18.5 Å². The molecule has 0 aliphatic rings. The zero-order valence-corrected chi connectivity index (χ0v) is 20.7. The molecular weight excluding hydrogens is 560 g/mol. The summed E-state index contributed by atoms with van der Waals surface area (Å²) in [5.41, 5.74) is 1.92. The smallest absolute Gasteiger partial charge is 0.339 e. The third-order valence-electron chi connectivity index (χ3n) is 4.20. The first-order valence-corrected chi connectivity index (χ1v) is 12.2. The van der Waals surface area contributed by atoms with Crippen molar-refractivity contribution in [3.63, 3.8) is 0 Å². The van der Waals surface area contributed by atoms with Crippen molar-refractivity contribution < 1.29 is 17.4 Å². The highest BCUT2D eigenvalue weighted by molar-refractivity contribution is 9.11. The molecule has 32 heavy (non-hydrogen) atoms. The molecule has 0 saturated carbocycles. The Morgan fingerprint density at radius 1 is 1.03 bits per heavy atom. The van der Waals surface area contributed by atoms with Gasteiger partial charge in [-0.2, -0.15) is 13.7 Å². The van der Waals surface area contributed by atoms with Crippen LogP contribution in [0.15, 0.2) is 86.1 Å². The lowest BCUT2D eigenvalue weighted by Crippen LogP contribution is -2.13. The Kier molecular flexibility index (Phi) is 7.51. The number of nitriles is 1. The zero-order valence-electron chi connectivity index (χ0n) is 16.7. The summed E-state index contributed by atoms with van der Waals surface area (Å²) in [5.74, 6) is -0.508. The van der Waals surface area contributed by atoms with Gasteiger partial charge < -0.3 is 9.50 Å². The minimum atomic E-state index is -4.04. The van der Waals surface area contributed by atoms with Gasteiger partial charge in [-0.1, -0.05) is 30.3 Å². The Hall–Kier alpha value is -2.93. The van der Waals surface area contributed by atoms with Gasteiger partial charge in [0.2, 0.25) is 0 Å². The third kappa shape index (κ3) is 5.85. The van der Waals surface area contributed by atoms with Gasteiger partial charge in [-0.25, -0.2) is 0 Å². The minimum absolute atomic E-state index is 0.0161. The van der Waals surface area contributed by atoms with Crippen LogP contribution in [0.3, 0.4) is 0 Å². The molecule has 1 N–H and O–H groups in total. The van der Waals surface area contributed by atoms with Crippen molar-refractivity contribution in [1.29, 1.82) is 5.26 Å². The van der Waals surface area contributed by atoms with Crippen molar-refractivity contribution in [1.82, 2.24) is 0 Å². The topological polar surface area (TPSA) is 96.3 Å². The largest absolute Gasteiger partial charge is 0.377 e. The molecule has 0 bridgehead atoms. The molecular formula is C23H16Br2N2O4S. The summed E-state index contributed by atoms with van der Waals surface area (Å²) in [6.07, 6.45) is 1.40. The van der Waals surface area contributed by atoms with Gasteiger partial charge in [0.1, 0.15) is 16.5 Å². The van der Waals surface area contributed by atoms with Gasteiger partial charge in [0.05, 0.1) is 8.95 Å². The van der Waals surface area contributed by atoms with Crippen molar-refractivity contribution in [2.45, 2.75) is 11.8 Å². The monoisotopic (exact) mass is 574 g/mol. The lowest BCUT2D eigenvalue weighted by Gasteiger charge is -2.11. The summed E-state index contributed by atoms with van der Waals surface area (Å²) in [6.45, 7) is 1.90. The Labute approximate surface area is 202 Å². The highest BCUT2D eigenvalue weighted by Gasteiger charge is 2.20. The predicted molar refractivity (Wildman–Crippen MR) is 129 cm³/mol. The number of nitrogens with zero attached hydrogens (tertiary/aromatic N) is 1. The molecule has 0 aromatic heterocycles. The number of carbonyl (C=O) groups excluding carboxylic acids is 1. The Morgan fingerprint density at radius 3 is 2.28 bits per heavy atom. The minimum Gasteiger partial charge on any atom is -0.377 e. The molecule has 1 amide bonds. The van der Waals surface area contributed by atoms with Gasteiger partial charge >= 0.3 is 10.1 Å². The number of hydrogen-bond acceptors (Lipinski definition) is 5. The quantitative estimate of drug-likeness (QED) is 0.226. The molecule has 162 valence electrons. The van der Waals surface area contributed by atoms with E-state index in [0.29, 0.717) is 20.2 Å². The van der Waals surface area contributed by atoms with E-state index >= 15 is 0 Å². The summed E-state index contributed by atoms with van der Waals surface area (Å²) in [5, 5.41) is 12.1. The van der Waals surface area contributed by atoms with Crippen molar-refractivity contribution >= 4 is 59.6 Å². The molecule has 0 aliphatic carbocycles. The number of halogens is 2. The molecule has 0 heterocycles. The zero-order chi connectivity index (χ0) is 23.3. The molecule has 0 fully saturated rings. The average molecular weight is 576 g/mol. The van der Waals surface area contributed by atoms with Crippen LogP contribution in [0, 0.1) is 18.3 Å². The number of anilines is 1. The normalized spacial score (nSPS) is 11.5. The summed E-state index contributed by atoms with van der Waals surface area (Å²) in [4.78, 5) is 12.5. The van der Waals surface area contributed by atoms with Crippen LogP contribution in [-0.4, -0.2) is 14.3 Å². The number of hydrogen-bond donors (Lipinski definition) is 1. The number of carbonyl (C=O) groups is 1. The van der Waals surface area contributed by atoms with Gasteiger partial charge in [-0.3, -0.25) is 4.79 Å². The maximum Gasteiger partial charge on any atom is 0.339 e. The van der Waals surface area contributed by atoms with Crippen molar-refractivity contribution in [2.24, 2.45) is 0 Å². The standard InChI is InChI=1S/C23H16Br2N2O4S/c1-15-6-5-7-18(10-15)27-23(28)17(14-26)11-16-12-20(24)22(21(25)13-16)31-32(29,30)19-8-3-2-4-9-19/h2-13H,1H3,(H,27,28)/b17-11+. The van der Waals surface area contributed by atoms with Crippen LogP contribution in [-0.2, 0) is 14.9 Å². The Bertz CT molecular complexity index is 1320. The number of benzene rings is 3. The molecule has 0 spiro atoms. The van der Waals surface area contributed by atoms with Crippen LogP contribution in [0.4, 0.5) is 5.69 Å². The molecule has 0 atom stereocenters. The fourth-order valence-electron chi connectivity index (χ4n) is 2.72. The molecule has 0 aliphatic heterocycles. The summed E-state index contributed by atoms with van der Waals surface area (Å²) in [6, 6.07) is 20.0. The summed E-state index contributed by atoms with van der Waals surface area (Å²) >= 11 is 6.60. The number of amides is 1. The molecule has 6 nitrogen and oxygen atoms in total. The second-order valence-corrected chi connectivity index (χ2v) is 9.91. The van der Waals surface area contributed by atoms with Crippen LogP contribution >= 0.6 is 31.9 Å². The summed E-state index contributed by atoms with van der Waals surface area (Å²) < 4.78 is 31.0. The van der Waals surface area contributed by atoms with Gasteiger partial charge in [0.15, 0.2) is 5.75 Å². The first-order chi connectivity index (χ1) is 15.2. The fraction of sp³-hybridized carbons (Fsp3) is 0.0435. The Balaban J connectivity index is 1.87. The van der Waals surface area contributed by atoms with E-state index in [1.807, 2.05) is 19.1 Å². The second-order valence-electron chi connectivity index (χ2n) is 6.66. The predicted octanol–water partition coefficient (Wildman–Crippen LogP) is 5.83. The van der Waals surface area contributed by atoms with Gasteiger partial charge in [0.25, 0.3) is 5.91 Å². The highest BCUT2D eigenvalue weighted by atomic mass is 79.9. The van der Waals surface area contributed by atoms with Crippen LogP contribution in [0.1, 0.15) is 11.1 Å². The van der Waals surface area contributed by atoms with Crippen molar-refractivity contribution in [3.05, 3.63) is 92.4 Å². The van der Waals surface area contributed by atoms with Gasteiger partial charge in [-0.15, -0.1) is 0 Å². The van der Waals surface area contributed by atoms with Crippen LogP contribution in [0.2, 0.25) is 0 Å². The van der Waals surface area contributed by atoms with E-state index in [-0.39, 0.29) is 16.2 Å². The van der Waals surface area contributed by atoms with Gasteiger partial charge in [-0.05, 0) is 92.4 Å². The van der Waals surface area contributed by atoms with E-state index < -0.39 is 16.0 Å². The first kappa shape index (κ1) is 23.7. The average Bonchev–Trinajstić information content (AvgIpc) is 2.75. The number of aryl methyl sites for hydroxylation is 1. The molecule has 0 radical (unpaired) electrons. The highest BCUT2D eigenvalue weighted by Crippen LogP contribution is 2.37. The van der Waals surface area contributed by atoms with Gasteiger partial charge in [0, 0.05) is 5.69 Å². The van der Waals surface area contributed by atoms with Crippen LogP contribution in [0.25, 0.3) is 6.08 Å². The molecule has 0 saturated heterocycles. The maximum absolute atomic E-state index is 12.5. The molecule has 3 aromatic carbocycles. The van der Waals surface area contributed by atoms with E-state index in [1.54, 1.807) is 48.5 Å². The molecule has 3 rings (SSSR count). The van der Waals surface area contributed by atoms with Crippen molar-refractivity contribution in [3.8, 4) is 11.8 Å². The second kappa shape index (κ2) is 10.1. The van der Waals surface area contributed by atoms with E-state index in [0.717, 1.165) is 5.56 Å². The maximum atomic E-state index is 12.5. The molecule has 0 unspecified atom stereocenters. The van der Waals surface area contributed by atoms with Crippen LogP contribution in [0.5, 0.6) is 5.75 Å². The van der Waals surface area contributed by atoms with E-state index in [2.05, 4.69) is 37.2 Å². The lowest BCUT2D eigenvalue weighted by atomic mass is 10.1. The fourth-order valence-corrected chi connectivity index (χ4v) is 5.31. The third-order valence-corrected chi connectivity index (χ3v) is 6.61. The SMILES string of the molecule is Cc1cccc(NC(=O)/C(C#N)=C/c2cc(Br)c(OS(=O)(=O)c3ccccc3)c(Br)c2)c1. The van der Waals surface area contributed by atoms with E-state index in [4.69, 9.17) is 4.18 Å². The van der Waals surface area contributed by atoms with E-state index in [1.165, 1.54) is 18.2 Å². The number of rotatable bonds is 6. The lowest BCUT2D eigenvalue weighted by molar-refractivity contribution is -0.112. The summed E-state index contributed by atoms with van der Waals surface area (Å²) in [7, 11) is -4.04. The molecule has 3 aromatic rings. The molecule has 9 heteroatoms. The Morgan fingerprint density at radius 2 is 1.69 bits per heavy atom. The van der Waals surface area contributed by atoms with Crippen LogP contribution < -0.4 is 9.50 Å². The first-order valence-electron chi connectivity index (χ1n) is 9.18. The van der Waals surface area contributed by atoms with Crippen molar-refractivity contribution in [2.75, 3.05) is 5.32 Å². The number of nitrogens with one attached hydrogen (secondary N) is 1.